The standard InChI is InChI=1S/C30H27NO8/c1-5-18-13-22-25(39-17(2)27(28(22)33)19-9-7-6-8-10-19)15-24(18)38-16-26(32)31-23-14-20(29(34)36-3)11-12-21(23)30(35)37-4/h6-15H,5,16H2,1-4H3,(H,31,32). The summed E-state index contributed by atoms with van der Waals surface area (Å²) in [5.41, 5.74) is 2.44. The molecule has 1 aromatic heterocycles. The topological polar surface area (TPSA) is 121 Å². The van der Waals surface area contributed by atoms with E-state index in [0.717, 1.165) is 5.56 Å². The normalized spacial score (nSPS) is 10.7. The third-order valence-electron chi connectivity index (χ3n) is 6.17. The van der Waals surface area contributed by atoms with Crippen molar-refractivity contribution in [1.82, 2.24) is 0 Å². The maximum atomic E-state index is 13.4. The van der Waals surface area contributed by atoms with Crippen molar-refractivity contribution in [2.24, 2.45) is 0 Å². The number of carbonyl (C=O) groups excluding carboxylic acids is 3. The van der Waals surface area contributed by atoms with E-state index < -0.39 is 24.5 Å². The first kappa shape index (κ1) is 27.1. The summed E-state index contributed by atoms with van der Waals surface area (Å²) >= 11 is 0. The minimum atomic E-state index is -0.689. The van der Waals surface area contributed by atoms with Crippen molar-refractivity contribution in [3.05, 3.63) is 93.3 Å². The minimum Gasteiger partial charge on any atom is -0.483 e. The first-order chi connectivity index (χ1) is 18.8. The number of hydrogen-bond donors (Lipinski definition) is 1. The van der Waals surface area contributed by atoms with Crippen LogP contribution < -0.4 is 15.5 Å². The molecule has 0 radical (unpaired) electrons. The van der Waals surface area contributed by atoms with Crippen molar-refractivity contribution >= 4 is 34.5 Å². The van der Waals surface area contributed by atoms with Crippen molar-refractivity contribution in [3.63, 3.8) is 0 Å². The smallest absolute Gasteiger partial charge is 0.339 e. The Labute approximate surface area is 224 Å². The number of benzene rings is 3. The van der Waals surface area contributed by atoms with Gasteiger partial charge in [0.25, 0.3) is 5.91 Å². The Kier molecular flexibility index (Phi) is 8.10. The van der Waals surface area contributed by atoms with Gasteiger partial charge in [-0.3, -0.25) is 9.59 Å². The molecule has 0 bridgehead atoms. The average Bonchev–Trinajstić information content (AvgIpc) is 2.95. The highest BCUT2D eigenvalue weighted by atomic mass is 16.5. The van der Waals surface area contributed by atoms with Crippen LogP contribution in [0, 0.1) is 6.92 Å². The van der Waals surface area contributed by atoms with Crippen molar-refractivity contribution in [2.45, 2.75) is 20.3 Å². The zero-order valence-electron chi connectivity index (χ0n) is 22.0. The van der Waals surface area contributed by atoms with Gasteiger partial charge in [-0.05, 0) is 48.7 Å². The van der Waals surface area contributed by atoms with Crippen LogP contribution in [0.1, 0.15) is 39.0 Å². The predicted molar refractivity (Wildman–Crippen MR) is 145 cm³/mol. The molecule has 1 heterocycles. The van der Waals surface area contributed by atoms with Gasteiger partial charge >= 0.3 is 11.9 Å². The van der Waals surface area contributed by atoms with E-state index in [1.54, 1.807) is 19.1 Å². The lowest BCUT2D eigenvalue weighted by Crippen LogP contribution is -2.22. The molecule has 9 nitrogen and oxygen atoms in total. The van der Waals surface area contributed by atoms with Gasteiger partial charge in [-0.2, -0.15) is 0 Å². The number of amides is 1. The fraction of sp³-hybridized carbons (Fsp3) is 0.200. The second kappa shape index (κ2) is 11.6. The highest BCUT2D eigenvalue weighted by molar-refractivity contribution is 6.03. The molecule has 4 aromatic rings. The van der Waals surface area contributed by atoms with E-state index in [2.05, 4.69) is 5.32 Å². The summed E-state index contributed by atoms with van der Waals surface area (Å²) in [6.07, 6.45) is 0.536. The lowest BCUT2D eigenvalue weighted by molar-refractivity contribution is -0.118. The van der Waals surface area contributed by atoms with Gasteiger partial charge in [0, 0.05) is 6.07 Å². The summed E-state index contributed by atoms with van der Waals surface area (Å²) in [4.78, 5) is 50.3. The molecule has 200 valence electrons. The quantitative estimate of drug-likeness (QED) is 0.319. The lowest BCUT2D eigenvalue weighted by atomic mass is 10.0. The van der Waals surface area contributed by atoms with E-state index in [-0.39, 0.29) is 22.2 Å². The highest BCUT2D eigenvalue weighted by Crippen LogP contribution is 2.29. The van der Waals surface area contributed by atoms with Gasteiger partial charge in [-0.1, -0.05) is 37.3 Å². The molecule has 4 rings (SSSR count). The number of nitrogens with one attached hydrogen (secondary N) is 1. The summed E-state index contributed by atoms with van der Waals surface area (Å²) in [5, 5.41) is 3.00. The molecule has 0 spiro atoms. The van der Waals surface area contributed by atoms with Gasteiger partial charge in [0.2, 0.25) is 5.43 Å². The van der Waals surface area contributed by atoms with Crippen LogP contribution in [0.4, 0.5) is 5.69 Å². The van der Waals surface area contributed by atoms with Crippen LogP contribution in [0.5, 0.6) is 5.75 Å². The van der Waals surface area contributed by atoms with E-state index in [9.17, 15) is 19.2 Å². The molecule has 1 N–H and O–H groups in total. The van der Waals surface area contributed by atoms with Gasteiger partial charge < -0.3 is 23.9 Å². The maximum absolute atomic E-state index is 13.4. The maximum Gasteiger partial charge on any atom is 0.339 e. The first-order valence-electron chi connectivity index (χ1n) is 12.2. The Morgan fingerprint density at radius 1 is 0.923 bits per heavy atom. The van der Waals surface area contributed by atoms with Crippen LogP contribution in [0.2, 0.25) is 0 Å². The molecule has 0 atom stereocenters. The van der Waals surface area contributed by atoms with Crippen LogP contribution in [-0.2, 0) is 20.7 Å². The Bertz CT molecular complexity index is 1620. The van der Waals surface area contributed by atoms with E-state index >= 15 is 0 Å². The molecule has 0 saturated heterocycles. The van der Waals surface area contributed by atoms with Gasteiger partial charge in [0.05, 0.1) is 42.0 Å². The fourth-order valence-electron chi connectivity index (χ4n) is 4.24. The van der Waals surface area contributed by atoms with Gasteiger partial charge in [-0.25, -0.2) is 9.59 Å². The molecular weight excluding hydrogens is 502 g/mol. The Morgan fingerprint density at radius 2 is 1.64 bits per heavy atom. The van der Waals surface area contributed by atoms with Crippen LogP contribution >= 0.6 is 0 Å². The first-order valence-corrected chi connectivity index (χ1v) is 12.2. The number of esters is 2. The molecule has 9 heteroatoms. The van der Waals surface area contributed by atoms with Crippen molar-refractivity contribution < 1.29 is 33.0 Å². The van der Waals surface area contributed by atoms with Crippen molar-refractivity contribution in [2.75, 3.05) is 26.1 Å². The van der Waals surface area contributed by atoms with Crippen molar-refractivity contribution in [1.29, 1.82) is 0 Å². The number of ether oxygens (including phenoxy) is 3. The molecule has 3 aromatic carbocycles. The summed E-state index contributed by atoms with van der Waals surface area (Å²) in [7, 11) is 2.43. The largest absolute Gasteiger partial charge is 0.483 e. The molecular formula is C30H27NO8. The fourth-order valence-corrected chi connectivity index (χ4v) is 4.24. The third-order valence-corrected chi connectivity index (χ3v) is 6.17. The molecule has 1 amide bonds. The van der Waals surface area contributed by atoms with Crippen LogP contribution in [0.15, 0.2) is 69.9 Å². The zero-order chi connectivity index (χ0) is 28.1. The SMILES string of the molecule is CCc1cc2c(=O)c(-c3ccccc3)c(C)oc2cc1OCC(=O)Nc1cc(C(=O)OC)ccc1C(=O)OC. The number of rotatable bonds is 8. The van der Waals surface area contributed by atoms with E-state index in [4.69, 9.17) is 18.6 Å². The summed E-state index contributed by atoms with van der Waals surface area (Å²) in [6, 6.07) is 16.7. The Morgan fingerprint density at radius 3 is 2.31 bits per heavy atom. The summed E-state index contributed by atoms with van der Waals surface area (Å²) < 4.78 is 21.3. The molecule has 39 heavy (non-hydrogen) atoms. The van der Waals surface area contributed by atoms with Crippen LogP contribution in [0.25, 0.3) is 22.1 Å². The number of methoxy groups -OCH3 is 2. The molecule has 0 unspecified atom stereocenters. The average molecular weight is 530 g/mol. The van der Waals surface area contributed by atoms with Gasteiger partial charge in [0.1, 0.15) is 17.1 Å². The molecule has 0 aliphatic heterocycles. The second-order valence-corrected chi connectivity index (χ2v) is 8.62. The molecule has 0 saturated carbocycles. The van der Waals surface area contributed by atoms with E-state index in [0.29, 0.717) is 40.0 Å². The van der Waals surface area contributed by atoms with Crippen molar-refractivity contribution in [3.8, 4) is 16.9 Å². The highest BCUT2D eigenvalue weighted by Gasteiger charge is 2.19. The summed E-state index contributed by atoms with van der Waals surface area (Å²) in [5.74, 6) is -1.06. The number of aryl methyl sites for hydroxylation is 2. The molecule has 0 fully saturated rings. The zero-order valence-corrected chi connectivity index (χ0v) is 22.0. The number of anilines is 1. The second-order valence-electron chi connectivity index (χ2n) is 8.62. The van der Waals surface area contributed by atoms with Crippen LogP contribution in [-0.4, -0.2) is 38.7 Å². The van der Waals surface area contributed by atoms with Gasteiger partial charge in [0.15, 0.2) is 6.61 Å². The Balaban J connectivity index is 1.61. The lowest BCUT2D eigenvalue weighted by Gasteiger charge is -2.14. The number of hydrogen-bond acceptors (Lipinski definition) is 8. The molecule has 0 aliphatic rings. The third kappa shape index (κ3) is 5.67. The minimum absolute atomic E-state index is 0.0601. The number of fused-ring (bicyclic) bond motifs is 1. The van der Waals surface area contributed by atoms with Crippen LogP contribution in [0.3, 0.4) is 0 Å². The number of carbonyl (C=O) groups is 3. The van der Waals surface area contributed by atoms with E-state index in [1.807, 2.05) is 37.3 Å². The summed E-state index contributed by atoms with van der Waals surface area (Å²) in [6.45, 7) is 3.22. The van der Waals surface area contributed by atoms with E-state index in [1.165, 1.54) is 32.4 Å². The Hall–Kier alpha value is -4.92. The predicted octanol–water partition coefficient (Wildman–Crippen LogP) is 4.92. The molecule has 0 aliphatic carbocycles. The van der Waals surface area contributed by atoms with Gasteiger partial charge in [-0.15, -0.1) is 0 Å². The monoisotopic (exact) mass is 529 g/mol.